The molecule has 6 nitrogen and oxygen atoms in total. The van der Waals surface area contributed by atoms with Gasteiger partial charge in [-0.15, -0.1) is 0 Å². The average Bonchev–Trinajstić information content (AvgIpc) is 2.98. The molecule has 0 saturated carbocycles. The lowest BCUT2D eigenvalue weighted by atomic mass is 9.96. The topological polar surface area (TPSA) is 89.4 Å². The molecule has 0 spiro atoms. The lowest BCUT2D eigenvalue weighted by Crippen LogP contribution is -1.93. The van der Waals surface area contributed by atoms with E-state index >= 15 is 0 Å². The zero-order valence-electron chi connectivity index (χ0n) is 13.3. The van der Waals surface area contributed by atoms with Crippen LogP contribution in [0.3, 0.4) is 0 Å². The first-order valence-electron chi connectivity index (χ1n) is 7.43. The van der Waals surface area contributed by atoms with E-state index in [0.29, 0.717) is 22.6 Å². The number of hydrogen-bond donors (Lipinski definition) is 1. The fourth-order valence-electron chi connectivity index (χ4n) is 2.79. The highest BCUT2D eigenvalue weighted by atomic mass is 16.6. The standard InChI is InChI=1S/C18H16N2O4/c1-11-4-3-5-12(2)16(11)18-15(10-21)17(19-24-18)13-6-8-14(9-7-13)20(22)23/h3-9,21H,10H2,1-2H3. The molecule has 24 heavy (non-hydrogen) atoms. The number of nitrogens with zero attached hydrogens (tertiary/aromatic N) is 2. The van der Waals surface area contributed by atoms with Gasteiger partial charge in [-0.25, -0.2) is 0 Å². The molecule has 1 heterocycles. The second-order valence-electron chi connectivity index (χ2n) is 5.57. The molecule has 0 unspecified atom stereocenters. The van der Waals surface area contributed by atoms with Crippen molar-refractivity contribution in [2.24, 2.45) is 0 Å². The van der Waals surface area contributed by atoms with Gasteiger partial charge in [0.2, 0.25) is 0 Å². The molecule has 6 heteroatoms. The first-order chi connectivity index (χ1) is 11.5. The summed E-state index contributed by atoms with van der Waals surface area (Å²) in [5, 5.41) is 24.7. The Morgan fingerprint density at radius 3 is 2.29 bits per heavy atom. The van der Waals surface area contributed by atoms with Gasteiger partial charge in [-0.2, -0.15) is 0 Å². The van der Waals surface area contributed by atoms with Gasteiger partial charge in [0.1, 0.15) is 5.69 Å². The van der Waals surface area contributed by atoms with Crippen molar-refractivity contribution >= 4 is 5.69 Å². The number of aliphatic hydroxyl groups excluding tert-OH is 1. The quantitative estimate of drug-likeness (QED) is 0.578. The van der Waals surface area contributed by atoms with Crippen LogP contribution < -0.4 is 0 Å². The Morgan fingerprint density at radius 2 is 1.75 bits per heavy atom. The molecule has 1 N–H and O–H groups in total. The number of hydrogen-bond acceptors (Lipinski definition) is 5. The highest BCUT2D eigenvalue weighted by Gasteiger charge is 2.21. The first kappa shape index (κ1) is 15.9. The SMILES string of the molecule is Cc1cccc(C)c1-c1onc(-c2ccc([N+](=O)[O-])cc2)c1CO. The second-order valence-corrected chi connectivity index (χ2v) is 5.57. The van der Waals surface area contributed by atoms with E-state index < -0.39 is 4.92 Å². The summed E-state index contributed by atoms with van der Waals surface area (Å²) in [7, 11) is 0. The molecular formula is C18H16N2O4. The molecule has 0 atom stereocenters. The summed E-state index contributed by atoms with van der Waals surface area (Å²) < 4.78 is 5.52. The Bertz CT molecular complexity index is 878. The number of nitro benzene ring substituents is 1. The Balaban J connectivity index is 2.12. The number of aromatic nitrogens is 1. The Labute approximate surface area is 138 Å². The van der Waals surface area contributed by atoms with E-state index in [2.05, 4.69) is 5.16 Å². The summed E-state index contributed by atoms with van der Waals surface area (Å²) in [5.41, 5.74) is 4.68. The van der Waals surface area contributed by atoms with Crippen molar-refractivity contribution in [2.75, 3.05) is 0 Å². The summed E-state index contributed by atoms with van der Waals surface area (Å²) in [6, 6.07) is 11.9. The molecule has 3 aromatic rings. The van der Waals surface area contributed by atoms with Crippen LogP contribution in [-0.2, 0) is 6.61 Å². The highest BCUT2D eigenvalue weighted by molar-refractivity contribution is 5.76. The van der Waals surface area contributed by atoms with Crippen molar-refractivity contribution in [1.82, 2.24) is 5.16 Å². The first-order valence-corrected chi connectivity index (χ1v) is 7.43. The fraction of sp³-hybridized carbons (Fsp3) is 0.167. The summed E-state index contributed by atoms with van der Waals surface area (Å²) in [6.07, 6.45) is 0. The van der Waals surface area contributed by atoms with Crippen LogP contribution in [0.2, 0.25) is 0 Å². The normalized spacial score (nSPS) is 10.8. The van der Waals surface area contributed by atoms with Crippen LogP contribution in [0.4, 0.5) is 5.69 Å². The third kappa shape index (κ3) is 2.68. The second kappa shape index (κ2) is 6.25. The molecule has 0 bridgehead atoms. The van der Waals surface area contributed by atoms with Crippen LogP contribution in [0.5, 0.6) is 0 Å². The maximum Gasteiger partial charge on any atom is 0.269 e. The van der Waals surface area contributed by atoms with Gasteiger partial charge in [0.15, 0.2) is 5.76 Å². The maximum atomic E-state index is 10.8. The minimum Gasteiger partial charge on any atom is -0.391 e. The third-order valence-electron chi connectivity index (χ3n) is 4.01. The van der Waals surface area contributed by atoms with Gasteiger partial charge < -0.3 is 9.63 Å². The third-order valence-corrected chi connectivity index (χ3v) is 4.01. The summed E-state index contributed by atoms with van der Waals surface area (Å²) in [6.45, 7) is 3.70. The van der Waals surface area contributed by atoms with Gasteiger partial charge in [0.25, 0.3) is 5.69 Å². The van der Waals surface area contributed by atoms with E-state index in [9.17, 15) is 15.2 Å². The van der Waals surface area contributed by atoms with Gasteiger partial charge in [-0.1, -0.05) is 23.4 Å². The van der Waals surface area contributed by atoms with Crippen LogP contribution in [-0.4, -0.2) is 15.2 Å². The van der Waals surface area contributed by atoms with Gasteiger partial charge in [0.05, 0.1) is 17.1 Å². The molecule has 0 aliphatic heterocycles. The van der Waals surface area contributed by atoms with E-state index in [-0.39, 0.29) is 12.3 Å². The van der Waals surface area contributed by atoms with Crippen LogP contribution in [0, 0.1) is 24.0 Å². The van der Waals surface area contributed by atoms with Crippen molar-refractivity contribution in [3.05, 3.63) is 69.3 Å². The zero-order chi connectivity index (χ0) is 17.3. The van der Waals surface area contributed by atoms with Gasteiger partial charge >= 0.3 is 0 Å². The van der Waals surface area contributed by atoms with Crippen LogP contribution in [0.25, 0.3) is 22.6 Å². The van der Waals surface area contributed by atoms with Gasteiger partial charge in [0, 0.05) is 23.3 Å². The van der Waals surface area contributed by atoms with E-state index in [4.69, 9.17) is 4.52 Å². The molecule has 0 aliphatic rings. The summed E-state index contributed by atoms with van der Waals surface area (Å²) in [5.74, 6) is 0.529. The monoisotopic (exact) mass is 324 g/mol. The number of aliphatic hydroxyl groups is 1. The fourth-order valence-corrected chi connectivity index (χ4v) is 2.79. The van der Waals surface area contributed by atoms with Crippen molar-refractivity contribution < 1.29 is 14.6 Å². The van der Waals surface area contributed by atoms with E-state index in [1.54, 1.807) is 12.1 Å². The van der Waals surface area contributed by atoms with Crippen LogP contribution in [0.15, 0.2) is 47.0 Å². The molecule has 1 aromatic heterocycles. The van der Waals surface area contributed by atoms with Crippen LogP contribution >= 0.6 is 0 Å². The molecule has 3 rings (SSSR count). The maximum absolute atomic E-state index is 10.8. The smallest absolute Gasteiger partial charge is 0.269 e. The summed E-state index contributed by atoms with van der Waals surface area (Å²) in [4.78, 5) is 10.3. The minimum absolute atomic E-state index is 0.00256. The molecule has 0 saturated heterocycles. The van der Waals surface area contributed by atoms with E-state index in [0.717, 1.165) is 16.7 Å². The highest BCUT2D eigenvalue weighted by Crippen LogP contribution is 2.36. The molecule has 2 aromatic carbocycles. The predicted octanol–water partition coefficient (Wildman–Crippen LogP) is 4.03. The molecule has 0 aliphatic carbocycles. The molecule has 122 valence electrons. The molecule has 0 radical (unpaired) electrons. The van der Waals surface area contributed by atoms with Crippen molar-refractivity contribution in [1.29, 1.82) is 0 Å². The van der Waals surface area contributed by atoms with Crippen LogP contribution in [0.1, 0.15) is 16.7 Å². The number of rotatable bonds is 4. The summed E-state index contributed by atoms with van der Waals surface area (Å²) >= 11 is 0. The Hall–Kier alpha value is -2.99. The number of benzene rings is 2. The van der Waals surface area contributed by atoms with Crippen molar-refractivity contribution in [2.45, 2.75) is 20.5 Å². The van der Waals surface area contributed by atoms with Crippen molar-refractivity contribution in [3.8, 4) is 22.6 Å². The van der Waals surface area contributed by atoms with E-state index in [1.807, 2.05) is 32.0 Å². The van der Waals surface area contributed by atoms with Crippen molar-refractivity contribution in [3.63, 3.8) is 0 Å². The predicted molar refractivity (Wildman–Crippen MR) is 89.4 cm³/mol. The molecule has 0 amide bonds. The lowest BCUT2D eigenvalue weighted by molar-refractivity contribution is -0.384. The number of aryl methyl sites for hydroxylation is 2. The Morgan fingerprint density at radius 1 is 1.12 bits per heavy atom. The average molecular weight is 324 g/mol. The minimum atomic E-state index is -0.457. The van der Waals surface area contributed by atoms with E-state index in [1.165, 1.54) is 12.1 Å². The number of non-ortho nitro benzene ring substituents is 1. The Kier molecular flexibility index (Phi) is 4.14. The largest absolute Gasteiger partial charge is 0.391 e. The lowest BCUT2D eigenvalue weighted by Gasteiger charge is -2.08. The molecule has 0 fully saturated rings. The van der Waals surface area contributed by atoms with Gasteiger partial charge in [-0.3, -0.25) is 10.1 Å². The molecular weight excluding hydrogens is 308 g/mol. The number of nitro groups is 1. The van der Waals surface area contributed by atoms with Gasteiger partial charge in [-0.05, 0) is 37.1 Å². The zero-order valence-corrected chi connectivity index (χ0v) is 13.3.